The van der Waals surface area contributed by atoms with Crippen molar-refractivity contribution < 1.29 is 9.59 Å². The van der Waals surface area contributed by atoms with E-state index >= 15 is 0 Å². The standard InChI is InChI=1S/C17H33N5O2/c1-12(2)15(23)19-8-9-20-17(18-5)21-14-6-10-22(11-7-14)16(24)13(3)4/h12-14H,6-11H2,1-5H3,(H,19,23)(H2,18,20,21). The number of likely N-dealkylation sites (tertiary alicyclic amines) is 1. The van der Waals surface area contributed by atoms with Gasteiger partial charge in [-0.3, -0.25) is 14.6 Å². The molecule has 1 aliphatic rings. The molecule has 138 valence electrons. The van der Waals surface area contributed by atoms with Crippen molar-refractivity contribution in [1.29, 1.82) is 0 Å². The first kappa shape index (κ1) is 20.3. The van der Waals surface area contributed by atoms with Gasteiger partial charge in [0.1, 0.15) is 0 Å². The van der Waals surface area contributed by atoms with Crippen LogP contribution in [0.1, 0.15) is 40.5 Å². The Hall–Kier alpha value is -1.79. The van der Waals surface area contributed by atoms with Crippen molar-refractivity contribution in [3.8, 4) is 0 Å². The summed E-state index contributed by atoms with van der Waals surface area (Å²) >= 11 is 0. The van der Waals surface area contributed by atoms with Crippen molar-refractivity contribution in [1.82, 2.24) is 20.9 Å². The van der Waals surface area contributed by atoms with Crippen molar-refractivity contribution in [2.45, 2.75) is 46.6 Å². The van der Waals surface area contributed by atoms with E-state index in [1.165, 1.54) is 0 Å². The van der Waals surface area contributed by atoms with Crippen LogP contribution in [0.25, 0.3) is 0 Å². The minimum absolute atomic E-state index is 0.00108. The molecule has 0 atom stereocenters. The van der Waals surface area contributed by atoms with Gasteiger partial charge in [0.2, 0.25) is 11.8 Å². The molecule has 2 amide bonds. The van der Waals surface area contributed by atoms with E-state index in [1.54, 1.807) is 7.05 Å². The molecule has 0 aromatic heterocycles. The second-order valence-electron chi connectivity index (χ2n) is 6.84. The van der Waals surface area contributed by atoms with E-state index in [9.17, 15) is 9.59 Å². The lowest BCUT2D eigenvalue weighted by atomic mass is 10.0. The summed E-state index contributed by atoms with van der Waals surface area (Å²) in [6.07, 6.45) is 1.84. The minimum Gasteiger partial charge on any atom is -0.355 e. The lowest BCUT2D eigenvalue weighted by Gasteiger charge is -2.34. The van der Waals surface area contributed by atoms with E-state index in [0.717, 1.165) is 31.9 Å². The topological polar surface area (TPSA) is 85.8 Å². The molecule has 0 aliphatic carbocycles. The van der Waals surface area contributed by atoms with Crippen LogP contribution in [0, 0.1) is 11.8 Å². The molecule has 0 bridgehead atoms. The Balaban J connectivity index is 2.27. The van der Waals surface area contributed by atoms with Crippen molar-refractivity contribution in [2.24, 2.45) is 16.8 Å². The lowest BCUT2D eigenvalue weighted by Crippen LogP contribution is -2.51. The molecular weight excluding hydrogens is 306 g/mol. The van der Waals surface area contributed by atoms with Crippen LogP contribution in [0.3, 0.4) is 0 Å². The van der Waals surface area contributed by atoms with Crippen LogP contribution in [-0.2, 0) is 9.59 Å². The fourth-order valence-corrected chi connectivity index (χ4v) is 2.57. The number of hydrogen-bond acceptors (Lipinski definition) is 3. The van der Waals surface area contributed by atoms with Gasteiger partial charge >= 0.3 is 0 Å². The van der Waals surface area contributed by atoms with Crippen molar-refractivity contribution >= 4 is 17.8 Å². The number of nitrogens with one attached hydrogen (secondary N) is 3. The molecule has 1 rings (SSSR count). The quantitative estimate of drug-likeness (QED) is 0.375. The largest absolute Gasteiger partial charge is 0.355 e. The molecule has 0 saturated carbocycles. The highest BCUT2D eigenvalue weighted by atomic mass is 16.2. The summed E-state index contributed by atoms with van der Waals surface area (Å²) in [7, 11) is 1.74. The number of nitrogens with zero attached hydrogens (tertiary/aromatic N) is 2. The Morgan fingerprint density at radius 3 is 2.12 bits per heavy atom. The van der Waals surface area contributed by atoms with Crippen molar-refractivity contribution in [2.75, 3.05) is 33.2 Å². The number of amides is 2. The lowest BCUT2D eigenvalue weighted by molar-refractivity contribution is -0.135. The summed E-state index contributed by atoms with van der Waals surface area (Å²) in [4.78, 5) is 29.6. The third-order valence-electron chi connectivity index (χ3n) is 4.11. The second-order valence-corrected chi connectivity index (χ2v) is 6.84. The molecule has 1 aliphatic heterocycles. The highest BCUT2D eigenvalue weighted by Gasteiger charge is 2.24. The van der Waals surface area contributed by atoms with Gasteiger partial charge in [0.05, 0.1) is 0 Å². The first-order chi connectivity index (χ1) is 11.3. The molecule has 1 heterocycles. The molecule has 1 saturated heterocycles. The summed E-state index contributed by atoms with van der Waals surface area (Å²) in [5.74, 6) is 1.09. The summed E-state index contributed by atoms with van der Waals surface area (Å²) in [6, 6.07) is 0.317. The molecular formula is C17H33N5O2. The number of rotatable bonds is 6. The van der Waals surface area contributed by atoms with E-state index in [0.29, 0.717) is 19.1 Å². The van der Waals surface area contributed by atoms with Gasteiger partial charge in [-0.2, -0.15) is 0 Å². The van der Waals surface area contributed by atoms with E-state index < -0.39 is 0 Å². The van der Waals surface area contributed by atoms with Gasteiger partial charge in [0, 0.05) is 51.1 Å². The summed E-state index contributed by atoms with van der Waals surface area (Å²) < 4.78 is 0. The van der Waals surface area contributed by atoms with Gasteiger partial charge in [-0.25, -0.2) is 0 Å². The number of piperidine rings is 1. The summed E-state index contributed by atoms with van der Waals surface area (Å²) in [5.41, 5.74) is 0. The normalized spacial score (nSPS) is 16.5. The zero-order chi connectivity index (χ0) is 18.1. The number of carbonyl (C=O) groups is 2. The molecule has 0 spiro atoms. The van der Waals surface area contributed by atoms with Gasteiger partial charge in [-0.15, -0.1) is 0 Å². The first-order valence-corrected chi connectivity index (χ1v) is 8.88. The Labute approximate surface area is 145 Å². The highest BCUT2D eigenvalue weighted by Crippen LogP contribution is 2.13. The molecule has 0 aromatic rings. The Bertz CT molecular complexity index is 440. The second kappa shape index (κ2) is 10.2. The molecule has 7 heteroatoms. The molecule has 7 nitrogen and oxygen atoms in total. The van der Waals surface area contributed by atoms with Crippen LogP contribution in [0.4, 0.5) is 0 Å². The Morgan fingerprint density at radius 2 is 1.62 bits per heavy atom. The minimum atomic E-state index is 0.00108. The molecule has 1 fully saturated rings. The van der Waals surface area contributed by atoms with Crippen LogP contribution in [-0.4, -0.2) is 61.9 Å². The van der Waals surface area contributed by atoms with Crippen LogP contribution in [0.5, 0.6) is 0 Å². The number of carbonyl (C=O) groups excluding carboxylic acids is 2. The zero-order valence-electron chi connectivity index (χ0n) is 15.7. The SMILES string of the molecule is CN=C(NCCNC(=O)C(C)C)NC1CCN(C(=O)C(C)C)CC1. The van der Waals surface area contributed by atoms with E-state index in [2.05, 4.69) is 20.9 Å². The van der Waals surface area contributed by atoms with Crippen LogP contribution < -0.4 is 16.0 Å². The first-order valence-electron chi connectivity index (χ1n) is 8.88. The summed E-state index contributed by atoms with van der Waals surface area (Å²) in [6.45, 7) is 10.4. The summed E-state index contributed by atoms with van der Waals surface area (Å²) in [5, 5.41) is 9.47. The third kappa shape index (κ3) is 6.76. The average Bonchev–Trinajstić information content (AvgIpc) is 2.56. The third-order valence-corrected chi connectivity index (χ3v) is 4.11. The molecule has 0 unspecified atom stereocenters. The van der Waals surface area contributed by atoms with Gasteiger partial charge in [-0.05, 0) is 12.8 Å². The molecule has 3 N–H and O–H groups in total. The molecule has 0 aromatic carbocycles. The van der Waals surface area contributed by atoms with Gasteiger partial charge in [0.15, 0.2) is 5.96 Å². The number of aliphatic imine (C=N–C) groups is 1. The van der Waals surface area contributed by atoms with Crippen LogP contribution in [0.2, 0.25) is 0 Å². The van der Waals surface area contributed by atoms with Gasteiger partial charge in [-0.1, -0.05) is 27.7 Å². The van der Waals surface area contributed by atoms with Crippen molar-refractivity contribution in [3.05, 3.63) is 0 Å². The Morgan fingerprint density at radius 1 is 1.04 bits per heavy atom. The average molecular weight is 339 g/mol. The number of guanidine groups is 1. The number of hydrogen-bond donors (Lipinski definition) is 3. The maximum absolute atomic E-state index is 12.0. The molecule has 24 heavy (non-hydrogen) atoms. The van der Waals surface area contributed by atoms with Gasteiger partial charge in [0.25, 0.3) is 0 Å². The fourth-order valence-electron chi connectivity index (χ4n) is 2.57. The van der Waals surface area contributed by atoms with Gasteiger partial charge < -0.3 is 20.9 Å². The fraction of sp³-hybridized carbons (Fsp3) is 0.824. The zero-order valence-corrected chi connectivity index (χ0v) is 15.7. The predicted octanol–water partition coefficient (Wildman–Crippen LogP) is 0.571. The van der Waals surface area contributed by atoms with Crippen LogP contribution in [0.15, 0.2) is 4.99 Å². The van der Waals surface area contributed by atoms with E-state index in [4.69, 9.17) is 0 Å². The molecule has 0 radical (unpaired) electrons. The highest BCUT2D eigenvalue weighted by molar-refractivity contribution is 5.81. The maximum Gasteiger partial charge on any atom is 0.225 e. The van der Waals surface area contributed by atoms with E-state index in [1.807, 2.05) is 32.6 Å². The smallest absolute Gasteiger partial charge is 0.225 e. The maximum atomic E-state index is 12.0. The Kier molecular flexibility index (Phi) is 8.57. The van der Waals surface area contributed by atoms with Crippen molar-refractivity contribution in [3.63, 3.8) is 0 Å². The predicted molar refractivity (Wildman–Crippen MR) is 96.8 cm³/mol. The monoisotopic (exact) mass is 339 g/mol. The van der Waals surface area contributed by atoms with Crippen LogP contribution >= 0.6 is 0 Å². The van der Waals surface area contributed by atoms with E-state index in [-0.39, 0.29) is 23.7 Å².